The van der Waals surface area contributed by atoms with Gasteiger partial charge in [-0.15, -0.1) is 0 Å². The highest BCUT2D eigenvalue weighted by Gasteiger charge is 2.41. The van der Waals surface area contributed by atoms with Gasteiger partial charge >= 0.3 is 12.1 Å². The van der Waals surface area contributed by atoms with Crippen LogP contribution in [0.25, 0.3) is 0 Å². The second kappa shape index (κ2) is 5.67. The number of alkyl halides is 3. The molecule has 8 heteroatoms. The Morgan fingerprint density at radius 3 is 2.58 bits per heavy atom. The first-order valence-electron chi connectivity index (χ1n) is 5.96. The summed E-state index contributed by atoms with van der Waals surface area (Å²) in [7, 11) is 3.07. The van der Waals surface area contributed by atoms with Crippen molar-refractivity contribution in [2.45, 2.75) is 25.8 Å². The fraction of sp³-hybridized carbons (Fsp3) is 0.636. The van der Waals surface area contributed by atoms with E-state index < -0.39 is 23.7 Å². The topological polar surface area (TPSA) is 35.1 Å². The zero-order chi connectivity index (χ0) is 14.8. The summed E-state index contributed by atoms with van der Waals surface area (Å²) in [6, 6.07) is 0. The molecular weight excluding hydrogens is 260 g/mol. The molecule has 1 heterocycles. The van der Waals surface area contributed by atoms with Gasteiger partial charge in [0.15, 0.2) is 5.72 Å². The molecule has 0 aromatic carbocycles. The predicted octanol–water partition coefficient (Wildman–Crippen LogP) is 0.302. The Bertz CT molecular complexity index is 471. The molecule has 106 valence electrons. The van der Waals surface area contributed by atoms with Crippen LogP contribution in [-0.4, -0.2) is 24.4 Å². The third kappa shape index (κ3) is 3.51. The highest BCUT2D eigenvalue weighted by atomic mass is 19.4. The molecule has 1 atom stereocenters. The van der Waals surface area contributed by atoms with Gasteiger partial charge in [0.1, 0.15) is 6.20 Å². The maximum atomic E-state index is 12.7. The second-order valence-corrected chi connectivity index (χ2v) is 4.46. The van der Waals surface area contributed by atoms with Crippen LogP contribution in [-0.2, 0) is 29.8 Å². The number of aromatic nitrogens is 2. The van der Waals surface area contributed by atoms with Crippen LogP contribution in [0.2, 0.25) is 5.82 Å². The van der Waals surface area contributed by atoms with Crippen LogP contribution in [0, 0.1) is 0 Å². The van der Waals surface area contributed by atoms with E-state index in [0.717, 1.165) is 10.8 Å². The molecule has 0 aliphatic carbocycles. The van der Waals surface area contributed by atoms with Gasteiger partial charge < -0.3 is 4.74 Å². The number of esters is 1. The van der Waals surface area contributed by atoms with Crippen LogP contribution >= 0.6 is 0 Å². The maximum absolute atomic E-state index is 12.7. The van der Waals surface area contributed by atoms with E-state index in [-0.39, 0.29) is 13.9 Å². The lowest BCUT2D eigenvalue weighted by molar-refractivity contribution is -0.673. The van der Waals surface area contributed by atoms with Crippen molar-refractivity contribution in [2.24, 2.45) is 14.1 Å². The number of carbonyl (C=O) groups excluding carboxylic acids is 1. The van der Waals surface area contributed by atoms with Crippen LogP contribution in [0.5, 0.6) is 0 Å². The minimum atomic E-state index is -4.40. The Kier molecular flexibility index (Phi) is 4.65. The first-order valence-corrected chi connectivity index (χ1v) is 5.96. The summed E-state index contributed by atoms with van der Waals surface area (Å²) in [5.74, 6) is -0.891. The van der Waals surface area contributed by atoms with Crippen LogP contribution in [0.4, 0.5) is 13.2 Å². The number of rotatable bonds is 4. The SMILES string of the molecule is CCOC(=O)C(C)Bc1n(C)cc(C(F)(F)F)[n+]1C. The van der Waals surface area contributed by atoms with Gasteiger partial charge in [0.05, 0.1) is 20.7 Å². The average Bonchev–Trinajstić information content (AvgIpc) is 2.56. The molecule has 0 bridgehead atoms. The predicted molar refractivity (Wildman–Crippen MR) is 64.4 cm³/mol. The maximum Gasteiger partial charge on any atom is 0.457 e. The molecule has 0 aliphatic rings. The van der Waals surface area contributed by atoms with Crippen molar-refractivity contribution in [3.05, 3.63) is 11.9 Å². The summed E-state index contributed by atoms with van der Waals surface area (Å²) in [6.45, 7) is 3.59. The standard InChI is InChI=1S/C11H17BF3N2O2/c1-5-19-9(18)7(2)12-10-16(3)6-8(17(10)4)11(13,14)15/h6-7,12H,5H2,1-4H3/q+1. The molecule has 1 aromatic heterocycles. The zero-order valence-electron chi connectivity index (χ0n) is 11.4. The first-order chi connectivity index (χ1) is 8.68. The molecule has 0 spiro atoms. The molecule has 0 saturated heterocycles. The van der Waals surface area contributed by atoms with Gasteiger partial charge in [-0.2, -0.15) is 13.2 Å². The lowest BCUT2D eigenvalue weighted by Crippen LogP contribution is -2.54. The van der Waals surface area contributed by atoms with Gasteiger partial charge in [0.25, 0.3) is 7.28 Å². The average molecular weight is 277 g/mol. The normalized spacial score (nSPS) is 13.2. The highest BCUT2D eigenvalue weighted by molar-refractivity contribution is 6.56. The Morgan fingerprint density at radius 2 is 2.16 bits per heavy atom. The molecule has 0 saturated carbocycles. The van der Waals surface area contributed by atoms with E-state index in [2.05, 4.69) is 0 Å². The van der Waals surface area contributed by atoms with Crippen molar-refractivity contribution in [2.75, 3.05) is 6.61 Å². The fourth-order valence-electron chi connectivity index (χ4n) is 1.91. The molecule has 1 unspecified atom stereocenters. The summed E-state index contributed by atoms with van der Waals surface area (Å²) in [5, 5.41) is 0. The summed E-state index contributed by atoms with van der Waals surface area (Å²) >= 11 is 0. The summed E-state index contributed by atoms with van der Waals surface area (Å²) < 4.78 is 45.5. The largest absolute Gasteiger partial charge is 0.466 e. The number of ether oxygens (including phenoxy) is 1. The van der Waals surface area contributed by atoms with Crippen LogP contribution in [0.3, 0.4) is 0 Å². The lowest BCUT2D eigenvalue weighted by atomic mass is 9.64. The lowest BCUT2D eigenvalue weighted by Gasteiger charge is -2.08. The Morgan fingerprint density at radius 1 is 1.58 bits per heavy atom. The van der Waals surface area contributed by atoms with Gasteiger partial charge in [0.2, 0.25) is 5.69 Å². The third-order valence-electron chi connectivity index (χ3n) is 2.94. The fourth-order valence-corrected chi connectivity index (χ4v) is 1.91. The van der Waals surface area contributed by atoms with Crippen LogP contribution < -0.4 is 10.3 Å². The number of carbonyl (C=O) groups is 1. The Hall–Kier alpha value is -1.47. The number of halogens is 3. The second-order valence-electron chi connectivity index (χ2n) is 4.46. The molecule has 0 radical (unpaired) electrons. The molecule has 0 fully saturated rings. The number of nitrogens with zero attached hydrogens (tertiary/aromatic N) is 2. The van der Waals surface area contributed by atoms with Crippen molar-refractivity contribution in [1.82, 2.24) is 4.57 Å². The van der Waals surface area contributed by atoms with Gasteiger partial charge in [-0.25, -0.2) is 9.13 Å². The monoisotopic (exact) mass is 277 g/mol. The van der Waals surface area contributed by atoms with Crippen molar-refractivity contribution < 1.29 is 27.3 Å². The summed E-state index contributed by atoms with van der Waals surface area (Å²) in [6.07, 6.45) is -3.38. The van der Waals surface area contributed by atoms with Crippen molar-refractivity contribution >= 4 is 19.0 Å². The van der Waals surface area contributed by atoms with Crippen LogP contribution in [0.15, 0.2) is 6.20 Å². The van der Waals surface area contributed by atoms with E-state index in [4.69, 9.17) is 4.74 Å². The molecule has 4 nitrogen and oxygen atoms in total. The molecule has 0 N–H and O–H groups in total. The van der Waals surface area contributed by atoms with Gasteiger partial charge in [-0.05, 0) is 6.92 Å². The quantitative estimate of drug-likeness (QED) is 0.451. The van der Waals surface area contributed by atoms with E-state index in [9.17, 15) is 18.0 Å². The Labute approximate surface area is 110 Å². The molecule has 0 amide bonds. The number of hydrogen-bond donors (Lipinski definition) is 0. The molecule has 1 aromatic rings. The third-order valence-corrected chi connectivity index (χ3v) is 2.94. The van der Waals surface area contributed by atoms with Gasteiger partial charge in [-0.3, -0.25) is 4.79 Å². The Balaban J connectivity index is 2.97. The van der Waals surface area contributed by atoms with E-state index in [1.807, 2.05) is 0 Å². The number of aryl methyl sites for hydroxylation is 1. The molecular formula is C11H17BF3N2O2+. The number of hydrogen-bond acceptors (Lipinski definition) is 2. The molecule has 0 aliphatic heterocycles. The minimum Gasteiger partial charge on any atom is -0.466 e. The minimum absolute atomic E-state index is 0.196. The van der Waals surface area contributed by atoms with E-state index in [1.165, 1.54) is 18.7 Å². The van der Waals surface area contributed by atoms with E-state index >= 15 is 0 Å². The number of imidazole rings is 1. The van der Waals surface area contributed by atoms with Crippen molar-refractivity contribution in [3.8, 4) is 0 Å². The van der Waals surface area contributed by atoms with Gasteiger partial charge in [-0.1, -0.05) is 6.92 Å². The van der Waals surface area contributed by atoms with E-state index in [0.29, 0.717) is 5.72 Å². The van der Waals surface area contributed by atoms with Crippen LogP contribution in [0.1, 0.15) is 19.5 Å². The van der Waals surface area contributed by atoms with Crippen molar-refractivity contribution in [1.29, 1.82) is 0 Å². The zero-order valence-corrected chi connectivity index (χ0v) is 11.4. The van der Waals surface area contributed by atoms with Gasteiger partial charge in [0, 0.05) is 5.82 Å². The molecule has 19 heavy (non-hydrogen) atoms. The summed E-state index contributed by atoms with van der Waals surface area (Å²) in [4.78, 5) is 11.5. The first kappa shape index (κ1) is 15.6. The summed E-state index contributed by atoms with van der Waals surface area (Å²) in [5.41, 5.74) is -0.311. The van der Waals surface area contributed by atoms with E-state index in [1.54, 1.807) is 13.8 Å². The van der Waals surface area contributed by atoms with Crippen molar-refractivity contribution in [3.63, 3.8) is 0 Å². The smallest absolute Gasteiger partial charge is 0.457 e. The highest BCUT2D eigenvalue weighted by Crippen LogP contribution is 2.25. The molecule has 1 rings (SSSR count).